The standard InChI is InChI=1S/C22H34BNO5.C4H6/c1-15(24-13-12-18(27-19(24)25)14-20(2,3)26)16-8-10-17(11-9-16)23-28-21(4,5)22(6,7)29-23;1-3-4-2/h8-11,15,18,26H,12-14H2,1-7H3;3-4H,1-2H2. The van der Waals surface area contributed by atoms with Gasteiger partial charge in [0.15, 0.2) is 0 Å². The van der Waals surface area contributed by atoms with Crippen molar-refractivity contribution in [3.8, 4) is 0 Å². The first-order chi connectivity index (χ1) is 15.2. The number of allylic oxidation sites excluding steroid dienone is 2. The van der Waals surface area contributed by atoms with Gasteiger partial charge in [-0.3, -0.25) is 0 Å². The predicted molar refractivity (Wildman–Crippen MR) is 133 cm³/mol. The van der Waals surface area contributed by atoms with Gasteiger partial charge in [-0.05, 0) is 59.5 Å². The lowest BCUT2D eigenvalue weighted by Crippen LogP contribution is -2.45. The van der Waals surface area contributed by atoms with Gasteiger partial charge >= 0.3 is 13.2 Å². The monoisotopic (exact) mass is 457 g/mol. The van der Waals surface area contributed by atoms with Crippen LogP contribution in [0.2, 0.25) is 0 Å². The lowest BCUT2D eigenvalue weighted by molar-refractivity contribution is -0.0309. The van der Waals surface area contributed by atoms with Crippen LogP contribution in [0.15, 0.2) is 49.6 Å². The summed E-state index contributed by atoms with van der Waals surface area (Å²) in [6, 6.07) is 7.93. The minimum Gasteiger partial charge on any atom is -0.446 e. The van der Waals surface area contributed by atoms with Crippen LogP contribution < -0.4 is 5.46 Å². The van der Waals surface area contributed by atoms with Gasteiger partial charge in [0.25, 0.3) is 0 Å². The Morgan fingerprint density at radius 2 is 1.67 bits per heavy atom. The van der Waals surface area contributed by atoms with E-state index < -0.39 is 12.7 Å². The molecular formula is C26H40BNO5. The van der Waals surface area contributed by atoms with Crippen molar-refractivity contribution in [1.82, 2.24) is 4.90 Å². The Morgan fingerprint density at radius 1 is 1.15 bits per heavy atom. The van der Waals surface area contributed by atoms with Gasteiger partial charge in [-0.1, -0.05) is 49.6 Å². The summed E-state index contributed by atoms with van der Waals surface area (Å²) in [7, 11) is -0.396. The number of carbonyl (C=O) groups excluding carboxylic acids is 1. The topological polar surface area (TPSA) is 68.2 Å². The number of nitrogens with zero attached hydrogens (tertiary/aromatic N) is 1. The molecule has 2 atom stereocenters. The first-order valence-corrected chi connectivity index (χ1v) is 11.6. The lowest BCUT2D eigenvalue weighted by Gasteiger charge is -2.37. The minimum absolute atomic E-state index is 0.0991. The van der Waals surface area contributed by atoms with Gasteiger partial charge in [-0.15, -0.1) is 0 Å². The molecule has 2 unspecified atom stereocenters. The number of aliphatic hydroxyl groups is 1. The number of amides is 1. The molecule has 6 nitrogen and oxygen atoms in total. The van der Waals surface area contributed by atoms with Crippen molar-refractivity contribution < 1.29 is 23.9 Å². The van der Waals surface area contributed by atoms with Gasteiger partial charge in [-0.2, -0.15) is 0 Å². The third kappa shape index (κ3) is 6.95. The molecule has 2 fully saturated rings. The molecule has 3 rings (SSSR count). The van der Waals surface area contributed by atoms with Gasteiger partial charge in [0, 0.05) is 19.4 Å². The van der Waals surface area contributed by atoms with Crippen LogP contribution in [0.3, 0.4) is 0 Å². The summed E-state index contributed by atoms with van der Waals surface area (Å²) in [6.45, 7) is 21.0. The molecule has 1 amide bonds. The minimum atomic E-state index is -0.845. The molecule has 7 heteroatoms. The summed E-state index contributed by atoms with van der Waals surface area (Å²) < 4.78 is 17.8. The van der Waals surface area contributed by atoms with E-state index in [1.807, 2.05) is 58.9 Å². The molecule has 0 radical (unpaired) electrons. The van der Waals surface area contributed by atoms with E-state index in [4.69, 9.17) is 14.0 Å². The number of benzene rings is 1. The van der Waals surface area contributed by atoms with E-state index in [9.17, 15) is 9.90 Å². The summed E-state index contributed by atoms with van der Waals surface area (Å²) in [5, 5.41) is 9.96. The molecule has 33 heavy (non-hydrogen) atoms. The third-order valence-corrected chi connectivity index (χ3v) is 6.50. The van der Waals surface area contributed by atoms with Crippen LogP contribution in [-0.2, 0) is 14.0 Å². The molecular weight excluding hydrogens is 417 g/mol. The molecule has 0 aromatic heterocycles. The molecule has 1 aromatic rings. The number of ether oxygens (including phenoxy) is 1. The van der Waals surface area contributed by atoms with Crippen LogP contribution in [0.5, 0.6) is 0 Å². The van der Waals surface area contributed by atoms with Crippen molar-refractivity contribution in [1.29, 1.82) is 0 Å². The average Bonchev–Trinajstić information content (AvgIpc) is 2.94. The predicted octanol–water partition coefficient (Wildman–Crippen LogP) is 4.78. The number of cyclic esters (lactones) is 1. The Kier molecular flexibility index (Phi) is 8.60. The highest BCUT2D eigenvalue weighted by atomic mass is 16.7. The molecule has 2 aliphatic rings. The number of rotatable bonds is 6. The Balaban J connectivity index is 0.000000890. The van der Waals surface area contributed by atoms with E-state index in [0.29, 0.717) is 19.4 Å². The van der Waals surface area contributed by atoms with Crippen molar-refractivity contribution in [2.75, 3.05) is 6.54 Å². The molecule has 182 valence electrons. The van der Waals surface area contributed by atoms with E-state index in [0.717, 1.165) is 11.0 Å². The van der Waals surface area contributed by atoms with Crippen LogP contribution >= 0.6 is 0 Å². The van der Waals surface area contributed by atoms with Crippen molar-refractivity contribution in [3.05, 3.63) is 55.1 Å². The molecule has 0 spiro atoms. The zero-order valence-corrected chi connectivity index (χ0v) is 21.3. The molecule has 1 N–H and O–H groups in total. The zero-order valence-electron chi connectivity index (χ0n) is 21.3. The van der Waals surface area contributed by atoms with E-state index in [-0.39, 0.29) is 29.4 Å². The van der Waals surface area contributed by atoms with E-state index in [1.165, 1.54) is 0 Å². The van der Waals surface area contributed by atoms with Gasteiger partial charge < -0.3 is 24.1 Å². The SMILES string of the molecule is C=CC=C.CC(c1ccc(B2OC(C)(C)C(C)(C)O2)cc1)N1CCC(CC(C)(C)O)OC1=O. The maximum Gasteiger partial charge on any atom is 0.494 e. The molecule has 0 saturated carbocycles. The Labute approximate surface area is 199 Å². The number of carbonyl (C=O) groups is 1. The van der Waals surface area contributed by atoms with Gasteiger partial charge in [-0.25, -0.2) is 4.79 Å². The van der Waals surface area contributed by atoms with Crippen LogP contribution in [0, 0.1) is 0 Å². The van der Waals surface area contributed by atoms with E-state index in [1.54, 1.807) is 30.9 Å². The second-order valence-corrected chi connectivity index (χ2v) is 10.4. The lowest BCUT2D eigenvalue weighted by atomic mass is 9.78. The molecule has 2 aliphatic heterocycles. The van der Waals surface area contributed by atoms with Crippen molar-refractivity contribution in [3.63, 3.8) is 0 Å². The second kappa shape index (κ2) is 10.5. The third-order valence-electron chi connectivity index (χ3n) is 6.50. The fraction of sp³-hybridized carbons (Fsp3) is 0.577. The molecule has 2 saturated heterocycles. The van der Waals surface area contributed by atoms with Crippen molar-refractivity contribution >= 4 is 18.7 Å². The quantitative estimate of drug-likeness (QED) is 0.492. The van der Waals surface area contributed by atoms with Gasteiger partial charge in [0.2, 0.25) is 0 Å². The highest BCUT2D eigenvalue weighted by Crippen LogP contribution is 2.36. The maximum atomic E-state index is 12.5. The zero-order chi connectivity index (χ0) is 25.0. The number of hydrogen-bond acceptors (Lipinski definition) is 5. The highest BCUT2D eigenvalue weighted by Gasteiger charge is 2.51. The van der Waals surface area contributed by atoms with Crippen molar-refractivity contribution in [2.24, 2.45) is 0 Å². The van der Waals surface area contributed by atoms with Gasteiger partial charge in [0.1, 0.15) is 6.10 Å². The van der Waals surface area contributed by atoms with Crippen LogP contribution in [0.1, 0.15) is 72.9 Å². The second-order valence-electron chi connectivity index (χ2n) is 10.4. The first kappa shape index (κ1) is 27.2. The highest BCUT2D eigenvalue weighted by molar-refractivity contribution is 6.62. The summed E-state index contributed by atoms with van der Waals surface area (Å²) in [4.78, 5) is 14.2. The van der Waals surface area contributed by atoms with E-state index in [2.05, 4.69) is 13.2 Å². The summed E-state index contributed by atoms with van der Waals surface area (Å²) >= 11 is 0. The molecule has 2 heterocycles. The molecule has 1 aromatic carbocycles. The Bertz CT molecular complexity index is 806. The Hall–Kier alpha value is -2.09. The smallest absolute Gasteiger partial charge is 0.446 e. The number of hydrogen-bond donors (Lipinski definition) is 1. The summed E-state index contributed by atoms with van der Waals surface area (Å²) in [5.74, 6) is 0. The fourth-order valence-electron chi connectivity index (χ4n) is 3.79. The van der Waals surface area contributed by atoms with Gasteiger partial charge in [0.05, 0.1) is 22.8 Å². The Morgan fingerprint density at radius 3 is 2.09 bits per heavy atom. The normalized spacial score (nSPS) is 22.7. The largest absolute Gasteiger partial charge is 0.494 e. The summed E-state index contributed by atoms with van der Waals surface area (Å²) in [6.07, 6.45) is 3.88. The molecule has 0 bridgehead atoms. The van der Waals surface area contributed by atoms with Crippen molar-refractivity contribution in [2.45, 2.75) is 90.3 Å². The fourth-order valence-corrected chi connectivity index (χ4v) is 3.79. The maximum absolute atomic E-state index is 12.5. The van der Waals surface area contributed by atoms with Crippen LogP contribution in [-0.4, -0.2) is 52.7 Å². The van der Waals surface area contributed by atoms with Crippen LogP contribution in [0.4, 0.5) is 4.79 Å². The van der Waals surface area contributed by atoms with E-state index >= 15 is 0 Å². The first-order valence-electron chi connectivity index (χ1n) is 11.6. The average molecular weight is 457 g/mol. The molecule has 0 aliphatic carbocycles. The van der Waals surface area contributed by atoms with Crippen LogP contribution in [0.25, 0.3) is 0 Å². The summed E-state index contributed by atoms with van der Waals surface area (Å²) in [5.41, 5.74) is 0.401.